The second-order valence-electron chi connectivity index (χ2n) is 5.72. The number of aromatic nitrogens is 3. The van der Waals surface area contributed by atoms with Gasteiger partial charge in [-0.05, 0) is 11.4 Å². The minimum atomic E-state index is -0.651. The average molecular weight is 410 g/mol. The van der Waals surface area contributed by atoms with Gasteiger partial charge in [-0.25, -0.2) is 9.97 Å². The van der Waals surface area contributed by atoms with Crippen molar-refractivity contribution in [3.63, 3.8) is 0 Å². The molecule has 1 aromatic carbocycles. The lowest BCUT2D eigenvalue weighted by atomic mass is 10.2. The third-order valence-corrected chi connectivity index (χ3v) is 5.56. The Bertz CT molecular complexity index is 1110. The lowest BCUT2D eigenvalue weighted by molar-refractivity contribution is 0.0942. The molecular formula is C19H14N4O3S2. The quantitative estimate of drug-likeness (QED) is 0.463. The molecule has 0 fully saturated rings. The first-order chi connectivity index (χ1) is 13.6. The molecule has 9 heteroatoms. The van der Waals surface area contributed by atoms with Gasteiger partial charge in [0, 0.05) is 10.9 Å². The molecular weight excluding hydrogens is 396 g/mol. The molecule has 1 amide bonds. The smallest absolute Gasteiger partial charge is 0.274 e. The molecule has 0 radical (unpaired) electrons. The normalized spacial score (nSPS) is 10.7. The molecule has 0 unspecified atom stereocenters. The fourth-order valence-corrected chi connectivity index (χ4v) is 3.89. The van der Waals surface area contributed by atoms with Crippen molar-refractivity contribution in [2.45, 2.75) is 6.54 Å². The van der Waals surface area contributed by atoms with E-state index in [1.807, 2.05) is 41.1 Å². The number of benzene rings is 1. The summed E-state index contributed by atoms with van der Waals surface area (Å²) < 4.78 is 0. The van der Waals surface area contributed by atoms with Crippen molar-refractivity contribution in [1.29, 1.82) is 0 Å². The molecule has 4 rings (SSSR count). The van der Waals surface area contributed by atoms with Crippen LogP contribution in [-0.2, 0) is 6.54 Å². The summed E-state index contributed by atoms with van der Waals surface area (Å²) in [6.07, 6.45) is 0. The number of thiazole rings is 1. The van der Waals surface area contributed by atoms with Gasteiger partial charge < -0.3 is 15.5 Å². The second-order valence-corrected chi connectivity index (χ2v) is 7.61. The first-order valence-electron chi connectivity index (χ1n) is 8.23. The highest BCUT2D eigenvalue weighted by atomic mass is 32.1. The van der Waals surface area contributed by atoms with Crippen LogP contribution in [0.5, 0.6) is 11.6 Å². The molecule has 28 heavy (non-hydrogen) atoms. The van der Waals surface area contributed by atoms with Gasteiger partial charge in [-0.15, -0.1) is 22.7 Å². The fraction of sp³-hybridized carbons (Fsp3) is 0.0526. The van der Waals surface area contributed by atoms with E-state index in [1.165, 1.54) is 22.7 Å². The highest BCUT2D eigenvalue weighted by Crippen LogP contribution is 2.30. The second kappa shape index (κ2) is 7.75. The molecule has 0 saturated heterocycles. The molecule has 0 bridgehead atoms. The van der Waals surface area contributed by atoms with Crippen molar-refractivity contribution >= 4 is 28.6 Å². The predicted molar refractivity (Wildman–Crippen MR) is 107 cm³/mol. The van der Waals surface area contributed by atoms with E-state index in [1.54, 1.807) is 12.1 Å². The van der Waals surface area contributed by atoms with E-state index in [2.05, 4.69) is 20.3 Å². The van der Waals surface area contributed by atoms with Crippen molar-refractivity contribution in [1.82, 2.24) is 20.3 Å². The van der Waals surface area contributed by atoms with E-state index >= 15 is 0 Å². The number of thiophene rings is 1. The number of aromatic hydroxyl groups is 2. The number of nitrogens with zero attached hydrogens (tertiary/aromatic N) is 3. The Balaban J connectivity index is 1.51. The molecule has 0 saturated carbocycles. The topological polar surface area (TPSA) is 108 Å². The Morgan fingerprint density at radius 2 is 1.82 bits per heavy atom. The van der Waals surface area contributed by atoms with Crippen LogP contribution in [-0.4, -0.2) is 31.1 Å². The van der Waals surface area contributed by atoms with E-state index < -0.39 is 17.5 Å². The molecule has 0 aliphatic carbocycles. The molecule has 0 aliphatic heterocycles. The van der Waals surface area contributed by atoms with Gasteiger partial charge in [-0.2, -0.15) is 4.98 Å². The highest BCUT2D eigenvalue weighted by Gasteiger charge is 2.20. The van der Waals surface area contributed by atoms with E-state index in [0.717, 1.165) is 11.3 Å². The summed E-state index contributed by atoms with van der Waals surface area (Å²) >= 11 is 2.79. The van der Waals surface area contributed by atoms with Crippen molar-refractivity contribution in [2.75, 3.05) is 0 Å². The highest BCUT2D eigenvalue weighted by molar-refractivity contribution is 7.13. The van der Waals surface area contributed by atoms with E-state index in [0.29, 0.717) is 9.88 Å². The van der Waals surface area contributed by atoms with Crippen LogP contribution in [0.3, 0.4) is 0 Å². The number of hydrogen-bond acceptors (Lipinski definition) is 8. The predicted octanol–water partition coefficient (Wildman–Crippen LogP) is 3.67. The molecule has 3 heterocycles. The van der Waals surface area contributed by atoms with Crippen LogP contribution in [0.2, 0.25) is 0 Å². The Hall–Kier alpha value is -3.30. The van der Waals surface area contributed by atoms with Gasteiger partial charge in [-0.3, -0.25) is 4.79 Å². The monoisotopic (exact) mass is 410 g/mol. The van der Waals surface area contributed by atoms with Crippen molar-refractivity contribution in [2.24, 2.45) is 0 Å². The number of amides is 1. The Labute approximate surface area is 168 Å². The number of rotatable bonds is 5. The maximum absolute atomic E-state index is 12.5. The molecule has 7 nitrogen and oxygen atoms in total. The molecule has 140 valence electrons. The van der Waals surface area contributed by atoms with Crippen molar-refractivity contribution in [3.8, 4) is 33.6 Å². The zero-order valence-electron chi connectivity index (χ0n) is 14.4. The van der Waals surface area contributed by atoms with Crippen LogP contribution in [0.15, 0.2) is 53.2 Å². The largest absolute Gasteiger partial charge is 0.501 e. The molecule has 0 atom stereocenters. The third-order valence-electron chi connectivity index (χ3n) is 3.84. The summed E-state index contributed by atoms with van der Waals surface area (Å²) in [5, 5.41) is 27.0. The zero-order valence-corrected chi connectivity index (χ0v) is 16.0. The Kier molecular flexibility index (Phi) is 5.00. The van der Waals surface area contributed by atoms with E-state index in [-0.39, 0.29) is 18.1 Å². The van der Waals surface area contributed by atoms with Crippen LogP contribution in [0, 0.1) is 0 Å². The standard InChI is InChI=1S/C19H14N4O3S2/c24-16-15(22-17(23-19(16)26)13-7-4-8-27-13)18(25)20-9-14-21-12(10-28-14)11-5-2-1-3-6-11/h1-8,10,24H,9H2,(H,20,25)(H,22,23,26). The lowest BCUT2D eigenvalue weighted by Crippen LogP contribution is -2.24. The summed E-state index contributed by atoms with van der Waals surface area (Å²) in [6.45, 7) is 0.175. The maximum Gasteiger partial charge on any atom is 0.274 e. The fourth-order valence-electron chi connectivity index (χ4n) is 2.49. The number of carbonyl (C=O) groups excluding carboxylic acids is 1. The van der Waals surface area contributed by atoms with Crippen LogP contribution < -0.4 is 5.32 Å². The van der Waals surface area contributed by atoms with Gasteiger partial charge in [0.15, 0.2) is 11.5 Å². The van der Waals surface area contributed by atoms with E-state index in [4.69, 9.17) is 0 Å². The Morgan fingerprint density at radius 3 is 2.57 bits per heavy atom. The van der Waals surface area contributed by atoms with Crippen LogP contribution in [0.1, 0.15) is 15.5 Å². The average Bonchev–Trinajstić information content (AvgIpc) is 3.41. The minimum absolute atomic E-state index is 0.175. The molecule has 0 spiro atoms. The zero-order chi connectivity index (χ0) is 19.5. The van der Waals surface area contributed by atoms with Gasteiger partial charge in [0.1, 0.15) is 5.01 Å². The van der Waals surface area contributed by atoms with Crippen LogP contribution in [0.25, 0.3) is 22.0 Å². The molecule has 4 aromatic rings. The summed E-state index contributed by atoms with van der Waals surface area (Å²) in [5.74, 6) is -1.73. The number of nitrogens with one attached hydrogen (secondary N) is 1. The number of carbonyl (C=O) groups is 1. The summed E-state index contributed by atoms with van der Waals surface area (Å²) in [5.41, 5.74) is 1.54. The third kappa shape index (κ3) is 3.71. The van der Waals surface area contributed by atoms with Gasteiger partial charge in [0.25, 0.3) is 11.8 Å². The minimum Gasteiger partial charge on any atom is -0.501 e. The van der Waals surface area contributed by atoms with Gasteiger partial charge in [0.2, 0.25) is 5.75 Å². The maximum atomic E-state index is 12.5. The lowest BCUT2D eigenvalue weighted by Gasteiger charge is -2.07. The van der Waals surface area contributed by atoms with E-state index in [9.17, 15) is 15.0 Å². The van der Waals surface area contributed by atoms with Crippen LogP contribution >= 0.6 is 22.7 Å². The van der Waals surface area contributed by atoms with Crippen molar-refractivity contribution < 1.29 is 15.0 Å². The van der Waals surface area contributed by atoms with Gasteiger partial charge in [-0.1, -0.05) is 36.4 Å². The van der Waals surface area contributed by atoms with Gasteiger partial charge >= 0.3 is 0 Å². The Morgan fingerprint density at radius 1 is 1.00 bits per heavy atom. The van der Waals surface area contributed by atoms with Gasteiger partial charge in [0.05, 0.1) is 17.1 Å². The molecule has 3 aromatic heterocycles. The summed E-state index contributed by atoms with van der Waals surface area (Å²) in [4.78, 5) is 25.6. The summed E-state index contributed by atoms with van der Waals surface area (Å²) in [6, 6.07) is 13.3. The summed E-state index contributed by atoms with van der Waals surface area (Å²) in [7, 11) is 0. The number of hydrogen-bond donors (Lipinski definition) is 3. The first kappa shape index (κ1) is 18.1. The first-order valence-corrected chi connectivity index (χ1v) is 9.99. The van der Waals surface area contributed by atoms with Crippen molar-refractivity contribution in [3.05, 3.63) is 63.9 Å². The molecule has 3 N–H and O–H groups in total. The van der Waals surface area contributed by atoms with Crippen LogP contribution in [0.4, 0.5) is 0 Å². The SMILES string of the molecule is O=C(NCc1nc(-c2ccccc2)cs1)c1nc(-c2cccs2)nc(O)c1O. The molecule has 0 aliphatic rings.